The first-order chi connectivity index (χ1) is 18.4. The molecule has 1 fully saturated rings. The summed E-state index contributed by atoms with van der Waals surface area (Å²) < 4.78 is 25.0. The first-order valence-electron chi connectivity index (χ1n) is 11.6. The number of hydrogen-bond donors (Lipinski definition) is 1. The lowest BCUT2D eigenvalue weighted by Crippen LogP contribution is -2.29. The summed E-state index contributed by atoms with van der Waals surface area (Å²) in [7, 11) is 1.42. The highest BCUT2D eigenvalue weighted by Crippen LogP contribution is 2.44. The molecule has 1 heterocycles. The van der Waals surface area contributed by atoms with E-state index >= 15 is 0 Å². The van der Waals surface area contributed by atoms with Crippen molar-refractivity contribution in [3.8, 4) is 17.2 Å². The van der Waals surface area contributed by atoms with Gasteiger partial charge in [0.1, 0.15) is 28.8 Å². The van der Waals surface area contributed by atoms with E-state index in [2.05, 4.69) is 0 Å². The van der Waals surface area contributed by atoms with Crippen molar-refractivity contribution in [2.75, 3.05) is 12.0 Å². The Morgan fingerprint density at radius 2 is 1.61 bits per heavy atom. The number of Topliss-reactive ketones (excluding diaryl/α,β-unsaturated/α-hetero) is 1. The Bertz CT molecular complexity index is 1550. The lowest BCUT2D eigenvalue weighted by molar-refractivity contribution is -0.132. The summed E-state index contributed by atoms with van der Waals surface area (Å²) in [5.41, 5.74) is 0.755. The molecule has 1 aliphatic rings. The third-order valence-electron chi connectivity index (χ3n) is 6.12. The van der Waals surface area contributed by atoms with Gasteiger partial charge in [-0.15, -0.1) is 0 Å². The van der Waals surface area contributed by atoms with Crippen LogP contribution in [0, 0.1) is 5.82 Å². The van der Waals surface area contributed by atoms with Crippen molar-refractivity contribution in [1.29, 1.82) is 0 Å². The minimum atomic E-state index is -1.05. The van der Waals surface area contributed by atoms with Crippen LogP contribution in [0.5, 0.6) is 17.2 Å². The maximum absolute atomic E-state index is 13.7. The minimum absolute atomic E-state index is 0.152. The number of hydrogen-bond acceptors (Lipinski definition) is 5. The number of aliphatic hydroxyl groups excluding tert-OH is 1. The van der Waals surface area contributed by atoms with Crippen LogP contribution in [0.2, 0.25) is 5.02 Å². The smallest absolute Gasteiger partial charge is 0.300 e. The molecule has 0 aromatic heterocycles. The summed E-state index contributed by atoms with van der Waals surface area (Å²) in [6.07, 6.45) is 0. The number of carbonyl (C=O) groups is 2. The lowest BCUT2D eigenvalue weighted by Gasteiger charge is -2.26. The zero-order chi connectivity index (χ0) is 26.8. The van der Waals surface area contributed by atoms with Gasteiger partial charge in [-0.25, -0.2) is 4.39 Å². The highest BCUT2D eigenvalue weighted by molar-refractivity contribution is 6.51. The van der Waals surface area contributed by atoms with Crippen LogP contribution in [0.25, 0.3) is 5.76 Å². The van der Waals surface area contributed by atoms with Gasteiger partial charge in [0.05, 0.1) is 24.3 Å². The maximum Gasteiger partial charge on any atom is 0.300 e. The second-order valence-corrected chi connectivity index (χ2v) is 8.91. The van der Waals surface area contributed by atoms with Crippen molar-refractivity contribution < 1.29 is 28.6 Å². The predicted octanol–water partition coefficient (Wildman–Crippen LogP) is 6.91. The van der Waals surface area contributed by atoms with Crippen molar-refractivity contribution in [2.24, 2.45) is 0 Å². The van der Waals surface area contributed by atoms with Crippen LogP contribution >= 0.6 is 11.6 Å². The molecular weight excluding hydrogens is 509 g/mol. The van der Waals surface area contributed by atoms with E-state index in [1.807, 2.05) is 18.2 Å². The summed E-state index contributed by atoms with van der Waals surface area (Å²) in [6, 6.07) is 24.7. The number of aliphatic hydroxyl groups is 1. The van der Waals surface area contributed by atoms with Crippen LogP contribution < -0.4 is 14.4 Å². The number of anilines is 1. The molecule has 38 heavy (non-hydrogen) atoms. The third-order valence-corrected chi connectivity index (χ3v) is 6.35. The number of ketones is 1. The van der Waals surface area contributed by atoms with Gasteiger partial charge in [0.15, 0.2) is 0 Å². The minimum Gasteiger partial charge on any atom is -0.507 e. The van der Waals surface area contributed by atoms with Crippen LogP contribution in [-0.4, -0.2) is 23.9 Å². The Balaban J connectivity index is 1.70. The summed E-state index contributed by atoms with van der Waals surface area (Å²) in [4.78, 5) is 28.0. The third kappa shape index (κ3) is 4.71. The second-order valence-electron chi connectivity index (χ2n) is 8.48. The predicted molar refractivity (Wildman–Crippen MR) is 142 cm³/mol. The van der Waals surface area contributed by atoms with E-state index in [0.29, 0.717) is 22.1 Å². The summed E-state index contributed by atoms with van der Waals surface area (Å²) in [6.45, 7) is 0. The van der Waals surface area contributed by atoms with E-state index in [-0.39, 0.29) is 22.6 Å². The highest BCUT2D eigenvalue weighted by atomic mass is 35.5. The van der Waals surface area contributed by atoms with Crippen molar-refractivity contribution in [3.05, 3.63) is 125 Å². The Kier molecular flexibility index (Phi) is 6.85. The molecule has 1 amide bonds. The van der Waals surface area contributed by atoms with Gasteiger partial charge in [-0.1, -0.05) is 41.9 Å². The number of carbonyl (C=O) groups excluding carboxylic acids is 2. The van der Waals surface area contributed by atoms with Gasteiger partial charge in [-0.05, 0) is 72.3 Å². The van der Waals surface area contributed by atoms with E-state index < -0.39 is 29.3 Å². The second kappa shape index (κ2) is 10.4. The van der Waals surface area contributed by atoms with Gasteiger partial charge in [-0.2, -0.15) is 0 Å². The van der Waals surface area contributed by atoms with Crippen LogP contribution in [0.4, 0.5) is 10.1 Å². The van der Waals surface area contributed by atoms with Gasteiger partial charge < -0.3 is 14.6 Å². The standard InChI is InChI=1S/C30H21ClFNO5/c1-37-25-15-10-19(31)17-24(25)28(34)26-27(33(30(36)29(26)35)21-13-11-20(32)12-14-21)18-6-5-9-23(16-18)38-22-7-3-2-4-8-22/h2-17,27,34H,1H3/b28-26+. The number of rotatable bonds is 6. The number of methoxy groups -OCH3 is 1. The summed E-state index contributed by atoms with van der Waals surface area (Å²) >= 11 is 6.18. The molecule has 0 aliphatic carbocycles. The molecule has 1 saturated heterocycles. The molecule has 0 radical (unpaired) electrons. The Labute approximate surface area is 223 Å². The number of ether oxygens (including phenoxy) is 2. The number of halogens is 2. The summed E-state index contributed by atoms with van der Waals surface area (Å²) in [5.74, 6) is -1.42. The number of benzene rings is 4. The largest absolute Gasteiger partial charge is 0.507 e. The molecule has 5 rings (SSSR count). The van der Waals surface area contributed by atoms with E-state index in [1.54, 1.807) is 48.5 Å². The average Bonchev–Trinajstić information content (AvgIpc) is 3.19. The van der Waals surface area contributed by atoms with Crippen LogP contribution in [0.3, 0.4) is 0 Å². The number of amides is 1. The van der Waals surface area contributed by atoms with Crippen LogP contribution in [0.1, 0.15) is 17.2 Å². The lowest BCUT2D eigenvalue weighted by atomic mass is 9.94. The molecule has 4 aromatic rings. The van der Waals surface area contributed by atoms with Gasteiger partial charge in [-0.3, -0.25) is 14.5 Å². The van der Waals surface area contributed by atoms with Crippen molar-refractivity contribution >= 4 is 34.7 Å². The highest BCUT2D eigenvalue weighted by Gasteiger charge is 2.47. The first kappa shape index (κ1) is 25.0. The van der Waals surface area contributed by atoms with Crippen LogP contribution in [-0.2, 0) is 9.59 Å². The number of para-hydroxylation sites is 1. The van der Waals surface area contributed by atoms with Crippen LogP contribution in [0.15, 0.2) is 103 Å². The molecule has 0 saturated carbocycles. The molecule has 8 heteroatoms. The van der Waals surface area contributed by atoms with Gasteiger partial charge in [0.25, 0.3) is 11.7 Å². The molecule has 1 atom stereocenters. The zero-order valence-corrected chi connectivity index (χ0v) is 20.9. The summed E-state index contributed by atoms with van der Waals surface area (Å²) in [5, 5.41) is 11.7. The Morgan fingerprint density at radius 3 is 2.32 bits per heavy atom. The van der Waals surface area contributed by atoms with Crippen molar-refractivity contribution in [2.45, 2.75) is 6.04 Å². The monoisotopic (exact) mass is 529 g/mol. The molecule has 0 bridgehead atoms. The SMILES string of the molecule is COc1ccc(Cl)cc1/C(O)=C1\C(=O)C(=O)N(c2ccc(F)cc2)C1c1cccc(Oc2ccccc2)c1. The van der Waals surface area contributed by atoms with Crippen molar-refractivity contribution in [3.63, 3.8) is 0 Å². The van der Waals surface area contributed by atoms with Gasteiger partial charge >= 0.3 is 0 Å². The fourth-order valence-electron chi connectivity index (χ4n) is 4.40. The van der Waals surface area contributed by atoms with Gasteiger partial charge in [0, 0.05) is 10.7 Å². The Morgan fingerprint density at radius 1 is 0.895 bits per heavy atom. The molecule has 1 N–H and O–H groups in total. The molecule has 6 nitrogen and oxygen atoms in total. The zero-order valence-electron chi connectivity index (χ0n) is 20.1. The quantitative estimate of drug-likeness (QED) is 0.167. The Hall–Kier alpha value is -4.62. The van der Waals surface area contributed by atoms with E-state index in [1.165, 1.54) is 42.3 Å². The average molecular weight is 530 g/mol. The molecular formula is C30H21ClFNO5. The van der Waals surface area contributed by atoms with Gasteiger partial charge in [0.2, 0.25) is 0 Å². The molecule has 4 aromatic carbocycles. The van der Waals surface area contributed by atoms with E-state index in [4.69, 9.17) is 21.1 Å². The number of nitrogens with zero attached hydrogens (tertiary/aromatic N) is 1. The molecule has 190 valence electrons. The molecule has 1 unspecified atom stereocenters. The maximum atomic E-state index is 13.7. The van der Waals surface area contributed by atoms with E-state index in [0.717, 1.165) is 0 Å². The van der Waals surface area contributed by atoms with E-state index in [9.17, 15) is 19.1 Å². The molecule has 1 aliphatic heterocycles. The van der Waals surface area contributed by atoms with Crippen molar-refractivity contribution in [1.82, 2.24) is 0 Å². The fourth-order valence-corrected chi connectivity index (χ4v) is 4.57. The fraction of sp³-hybridized carbons (Fsp3) is 0.0667. The molecule has 0 spiro atoms. The normalized spacial score (nSPS) is 16.5. The topological polar surface area (TPSA) is 76.1 Å². The first-order valence-corrected chi connectivity index (χ1v) is 12.0.